The van der Waals surface area contributed by atoms with E-state index in [9.17, 15) is 0 Å². The molecule has 0 aromatic heterocycles. The molecule has 0 saturated carbocycles. The van der Waals surface area contributed by atoms with Crippen LogP contribution in [-0.4, -0.2) is 11.5 Å². The Hall–Kier alpha value is -0.540. The number of hydrogen-bond acceptors (Lipinski definition) is 2. The van der Waals surface area contributed by atoms with Gasteiger partial charge in [0.05, 0.1) is 0 Å². The first-order valence-electron chi connectivity index (χ1n) is 4.97. The van der Waals surface area contributed by atoms with E-state index in [2.05, 4.69) is 13.8 Å². The molecule has 4 heteroatoms. The Balaban J connectivity index is 0.00000196. The predicted octanol–water partition coefficient (Wildman–Crippen LogP) is -0.385. The van der Waals surface area contributed by atoms with Crippen LogP contribution in [0.2, 0.25) is 0 Å². The van der Waals surface area contributed by atoms with Crippen LogP contribution >= 0.6 is 0 Å². The van der Waals surface area contributed by atoms with Crippen LogP contribution in [0.4, 0.5) is 5.69 Å². The molecule has 0 aliphatic carbocycles. The highest BCUT2D eigenvalue weighted by Crippen LogP contribution is 2.16. The number of nitrogens with two attached hydrogens (primary N) is 1. The molecule has 0 heterocycles. The molecule has 1 aromatic carbocycles. The molecule has 0 spiro atoms. The zero-order valence-electron chi connectivity index (χ0n) is 9.20. The summed E-state index contributed by atoms with van der Waals surface area (Å²) in [6.07, 6.45) is 1.17. The van der Waals surface area contributed by atoms with Crippen LogP contribution in [-0.2, 0) is 11.2 Å². The highest BCUT2D eigenvalue weighted by Gasteiger charge is 2.17. The summed E-state index contributed by atoms with van der Waals surface area (Å²) in [4.78, 5) is 0. The van der Waals surface area contributed by atoms with Crippen LogP contribution in [0.3, 0.4) is 0 Å². The second-order valence-electron chi connectivity index (χ2n) is 3.08. The van der Waals surface area contributed by atoms with E-state index >= 15 is 0 Å². The lowest BCUT2D eigenvalue weighted by atomic mass is 10.3. The topological polar surface area (TPSA) is 35.2 Å². The average molecular weight is 248 g/mol. The molecule has 0 bridgehead atoms. The molecule has 1 atom stereocenters. The maximum Gasteiger partial charge on any atom is 0.197 e. The van der Waals surface area contributed by atoms with Gasteiger partial charge < -0.3 is 18.1 Å². The number of halogens is 1. The zero-order chi connectivity index (χ0) is 10.4. The molecule has 1 aromatic rings. The maximum absolute atomic E-state index is 5.83. The number of anilines is 1. The van der Waals surface area contributed by atoms with Gasteiger partial charge in [0.25, 0.3) is 0 Å². The third-order valence-corrected chi connectivity index (χ3v) is 3.78. The van der Waals surface area contributed by atoms with Crippen molar-refractivity contribution in [1.82, 2.24) is 0 Å². The SMILES string of the molecule is CCC[S+](CC)Oc1ccc(N)cc1.[Cl-]. The summed E-state index contributed by atoms with van der Waals surface area (Å²) in [5.74, 6) is 3.15. The molecule has 0 amide bonds. The fourth-order valence-corrected chi connectivity index (χ4v) is 2.46. The molecule has 0 radical (unpaired) electrons. The quantitative estimate of drug-likeness (QED) is 0.569. The molecule has 0 aliphatic rings. The fourth-order valence-electron chi connectivity index (χ4n) is 1.13. The summed E-state index contributed by atoms with van der Waals surface area (Å²) in [5, 5.41) is 0. The molecule has 0 aliphatic heterocycles. The Morgan fingerprint density at radius 2 is 1.80 bits per heavy atom. The standard InChI is InChI=1S/C11H18NOS.ClH/c1-3-9-14(4-2)13-11-7-5-10(12)6-8-11;/h5-8H,3-4,9,12H2,1-2H3;1H/q+1;/p-1. The summed E-state index contributed by atoms with van der Waals surface area (Å²) in [7, 11) is 0. The molecule has 1 rings (SSSR count). The van der Waals surface area contributed by atoms with E-state index in [0.717, 1.165) is 22.9 Å². The largest absolute Gasteiger partial charge is 1.00 e. The molecule has 2 N–H and O–H groups in total. The molecular weight excluding hydrogens is 230 g/mol. The van der Waals surface area contributed by atoms with E-state index in [1.165, 1.54) is 6.42 Å². The van der Waals surface area contributed by atoms with Gasteiger partial charge in [-0.15, -0.1) is 0 Å². The van der Waals surface area contributed by atoms with Crippen LogP contribution in [0.25, 0.3) is 0 Å². The van der Waals surface area contributed by atoms with Crippen LogP contribution in [0.15, 0.2) is 24.3 Å². The number of nitrogen functional groups attached to an aromatic ring is 1. The van der Waals surface area contributed by atoms with Gasteiger partial charge in [-0.3, -0.25) is 4.18 Å². The van der Waals surface area contributed by atoms with E-state index in [0.29, 0.717) is 0 Å². The van der Waals surface area contributed by atoms with Crippen molar-refractivity contribution >= 4 is 16.9 Å². The molecule has 0 saturated heterocycles. The van der Waals surface area contributed by atoms with Crippen LogP contribution in [0.1, 0.15) is 20.3 Å². The second-order valence-corrected chi connectivity index (χ2v) is 5.12. The van der Waals surface area contributed by atoms with Crippen LogP contribution in [0, 0.1) is 0 Å². The van der Waals surface area contributed by atoms with Crippen molar-refractivity contribution in [3.05, 3.63) is 24.3 Å². The number of hydrogen-bond donors (Lipinski definition) is 1. The molecule has 86 valence electrons. The zero-order valence-corrected chi connectivity index (χ0v) is 10.8. The minimum atomic E-state index is 0. The van der Waals surface area contributed by atoms with Crippen molar-refractivity contribution < 1.29 is 16.6 Å². The van der Waals surface area contributed by atoms with Gasteiger partial charge in [-0.1, -0.05) is 6.92 Å². The first-order valence-corrected chi connectivity index (χ1v) is 6.46. The average Bonchev–Trinajstić information content (AvgIpc) is 2.20. The van der Waals surface area contributed by atoms with Crippen molar-refractivity contribution in [2.45, 2.75) is 20.3 Å². The van der Waals surface area contributed by atoms with Gasteiger partial charge in [-0.2, -0.15) is 0 Å². The third-order valence-electron chi connectivity index (χ3n) is 1.85. The molecular formula is C11H18ClNOS. The van der Waals surface area contributed by atoms with Crippen LogP contribution < -0.4 is 22.3 Å². The van der Waals surface area contributed by atoms with E-state index in [1.807, 2.05) is 24.3 Å². The summed E-state index contributed by atoms with van der Waals surface area (Å²) >= 11 is 0.0701. The van der Waals surface area contributed by atoms with E-state index < -0.39 is 0 Å². The summed E-state index contributed by atoms with van der Waals surface area (Å²) in [6.45, 7) is 4.35. The minimum absolute atomic E-state index is 0. The van der Waals surface area contributed by atoms with Crippen molar-refractivity contribution in [3.8, 4) is 5.75 Å². The Kier molecular flexibility index (Phi) is 7.44. The fraction of sp³-hybridized carbons (Fsp3) is 0.455. The van der Waals surface area contributed by atoms with Gasteiger partial charge in [-0.25, -0.2) is 0 Å². The van der Waals surface area contributed by atoms with E-state index in [-0.39, 0.29) is 23.6 Å². The molecule has 2 nitrogen and oxygen atoms in total. The Labute approximate surface area is 101 Å². The maximum atomic E-state index is 5.83. The minimum Gasteiger partial charge on any atom is -1.00 e. The third kappa shape index (κ3) is 5.19. The number of rotatable bonds is 5. The second kappa shape index (κ2) is 7.71. The first-order chi connectivity index (χ1) is 6.76. The van der Waals surface area contributed by atoms with Gasteiger partial charge in [0, 0.05) is 5.69 Å². The molecule has 1 unspecified atom stereocenters. The van der Waals surface area contributed by atoms with Gasteiger partial charge in [0.15, 0.2) is 22.7 Å². The van der Waals surface area contributed by atoms with Crippen molar-refractivity contribution in [1.29, 1.82) is 0 Å². The molecule has 15 heavy (non-hydrogen) atoms. The normalized spacial score (nSPS) is 11.6. The summed E-state index contributed by atoms with van der Waals surface area (Å²) in [6, 6.07) is 7.61. The first kappa shape index (κ1) is 14.5. The van der Waals surface area contributed by atoms with E-state index in [4.69, 9.17) is 9.92 Å². The monoisotopic (exact) mass is 247 g/mol. The Morgan fingerprint density at radius 3 is 2.27 bits per heavy atom. The van der Waals surface area contributed by atoms with Crippen molar-refractivity contribution in [3.63, 3.8) is 0 Å². The lowest BCUT2D eigenvalue weighted by Crippen LogP contribution is -3.00. The number of benzene rings is 1. The highest BCUT2D eigenvalue weighted by atomic mass is 35.5. The van der Waals surface area contributed by atoms with Crippen molar-refractivity contribution in [2.75, 3.05) is 17.2 Å². The predicted molar refractivity (Wildman–Crippen MR) is 64.5 cm³/mol. The van der Waals surface area contributed by atoms with Gasteiger partial charge >= 0.3 is 0 Å². The van der Waals surface area contributed by atoms with Gasteiger partial charge in [-0.05, 0) is 37.6 Å². The van der Waals surface area contributed by atoms with Crippen LogP contribution in [0.5, 0.6) is 5.75 Å². The Morgan fingerprint density at radius 1 is 1.20 bits per heavy atom. The summed E-state index contributed by atoms with van der Waals surface area (Å²) < 4.78 is 5.83. The smallest absolute Gasteiger partial charge is 0.197 e. The highest BCUT2D eigenvalue weighted by molar-refractivity contribution is 7.92. The van der Waals surface area contributed by atoms with Gasteiger partial charge in [0.1, 0.15) is 5.75 Å². The van der Waals surface area contributed by atoms with Gasteiger partial charge in [0.2, 0.25) is 0 Å². The lowest BCUT2D eigenvalue weighted by molar-refractivity contribution is -0.00000359. The van der Waals surface area contributed by atoms with E-state index in [1.54, 1.807) is 0 Å². The summed E-state index contributed by atoms with van der Waals surface area (Å²) in [5.41, 5.74) is 6.38. The lowest BCUT2D eigenvalue weighted by Gasteiger charge is -2.05. The molecule has 0 fully saturated rings. The Bertz CT molecular complexity index is 266. The van der Waals surface area contributed by atoms with Crippen molar-refractivity contribution in [2.24, 2.45) is 0 Å².